The van der Waals surface area contributed by atoms with Gasteiger partial charge < -0.3 is 5.32 Å². The maximum Gasteiger partial charge on any atom is 0.123 e. The molecule has 2 heteroatoms. The van der Waals surface area contributed by atoms with E-state index in [1.165, 1.54) is 29.5 Å². The Bertz CT molecular complexity index is 380. The van der Waals surface area contributed by atoms with Crippen LogP contribution in [0.25, 0.3) is 0 Å². The number of nitrogens with one attached hydrogen (secondary N) is 1. The van der Waals surface area contributed by atoms with Crippen LogP contribution < -0.4 is 5.32 Å². The summed E-state index contributed by atoms with van der Waals surface area (Å²) < 4.78 is 13.4. The molecule has 1 heterocycles. The van der Waals surface area contributed by atoms with E-state index in [2.05, 4.69) is 5.32 Å². The molecule has 1 fully saturated rings. The third-order valence-corrected chi connectivity index (χ3v) is 3.65. The van der Waals surface area contributed by atoms with Crippen molar-refractivity contribution in [2.75, 3.05) is 6.54 Å². The summed E-state index contributed by atoms with van der Waals surface area (Å²) >= 11 is 0. The van der Waals surface area contributed by atoms with Crippen molar-refractivity contribution in [3.8, 4) is 0 Å². The van der Waals surface area contributed by atoms with Crippen molar-refractivity contribution < 1.29 is 4.39 Å². The number of aryl methyl sites for hydroxylation is 1. The van der Waals surface area contributed by atoms with E-state index in [4.69, 9.17) is 0 Å². The van der Waals surface area contributed by atoms with E-state index in [-0.39, 0.29) is 5.82 Å². The van der Waals surface area contributed by atoms with Crippen LogP contribution >= 0.6 is 0 Å². The molecule has 1 aromatic carbocycles. The number of hydrogen-bond donors (Lipinski definition) is 1. The number of hydrogen-bond acceptors (Lipinski definition) is 1. The molecule has 0 bridgehead atoms. The van der Waals surface area contributed by atoms with Crippen molar-refractivity contribution >= 4 is 0 Å². The number of fused-ring (bicyclic) bond motifs is 1. The molecule has 1 N–H and O–H groups in total. The summed E-state index contributed by atoms with van der Waals surface area (Å²) in [7, 11) is 0. The van der Waals surface area contributed by atoms with Crippen molar-refractivity contribution in [1.82, 2.24) is 5.32 Å². The number of benzene rings is 1. The Morgan fingerprint density at radius 2 is 2.13 bits per heavy atom. The summed E-state index contributed by atoms with van der Waals surface area (Å²) in [6.45, 7) is 1.08. The fourth-order valence-electron chi connectivity index (χ4n) is 2.96. The average Bonchev–Trinajstić information content (AvgIpc) is 2.86. The van der Waals surface area contributed by atoms with Gasteiger partial charge in [0.25, 0.3) is 0 Å². The smallest absolute Gasteiger partial charge is 0.123 e. The fraction of sp³-hybridized carbons (Fsp3) is 0.538. The van der Waals surface area contributed by atoms with Gasteiger partial charge in [-0.1, -0.05) is 0 Å². The molecule has 0 amide bonds. The topological polar surface area (TPSA) is 12.0 Å². The van der Waals surface area contributed by atoms with E-state index in [0.29, 0.717) is 6.04 Å². The first-order valence-corrected chi connectivity index (χ1v) is 5.89. The first-order valence-electron chi connectivity index (χ1n) is 5.89. The minimum absolute atomic E-state index is 0.0562. The standard InChI is InChI=1S/C13H16FN/c14-10-7-9-3-1-4-11(9)12(8-10)13-5-2-6-15-13/h7-8,13,15H,1-6H2/t13-/m1/s1. The van der Waals surface area contributed by atoms with E-state index in [0.717, 1.165) is 25.8 Å². The van der Waals surface area contributed by atoms with E-state index in [1.54, 1.807) is 12.1 Å². The van der Waals surface area contributed by atoms with Crippen LogP contribution in [0, 0.1) is 5.82 Å². The largest absolute Gasteiger partial charge is 0.310 e. The minimum Gasteiger partial charge on any atom is -0.310 e. The lowest BCUT2D eigenvalue weighted by molar-refractivity contribution is 0.602. The molecule has 2 aliphatic rings. The van der Waals surface area contributed by atoms with Crippen LogP contribution in [0.4, 0.5) is 4.39 Å². The van der Waals surface area contributed by atoms with Gasteiger partial charge in [-0.25, -0.2) is 4.39 Å². The van der Waals surface area contributed by atoms with Gasteiger partial charge in [0.05, 0.1) is 0 Å². The van der Waals surface area contributed by atoms with Crippen LogP contribution in [0.1, 0.15) is 42.0 Å². The second-order valence-corrected chi connectivity index (χ2v) is 4.64. The lowest BCUT2D eigenvalue weighted by atomic mass is 9.96. The predicted molar refractivity (Wildman–Crippen MR) is 58.4 cm³/mol. The molecule has 0 unspecified atom stereocenters. The summed E-state index contributed by atoms with van der Waals surface area (Å²) in [5, 5.41) is 3.46. The van der Waals surface area contributed by atoms with Crippen LogP contribution in [0.3, 0.4) is 0 Å². The molecule has 80 valence electrons. The number of rotatable bonds is 1. The molecule has 0 spiro atoms. The van der Waals surface area contributed by atoms with Crippen LogP contribution in [0.5, 0.6) is 0 Å². The van der Waals surface area contributed by atoms with E-state index < -0.39 is 0 Å². The van der Waals surface area contributed by atoms with Crippen molar-refractivity contribution in [1.29, 1.82) is 0 Å². The second kappa shape index (κ2) is 3.60. The highest BCUT2D eigenvalue weighted by Gasteiger charge is 2.23. The lowest BCUT2D eigenvalue weighted by Gasteiger charge is -2.15. The Hall–Kier alpha value is -0.890. The Morgan fingerprint density at radius 3 is 2.93 bits per heavy atom. The molecule has 0 aromatic heterocycles. The second-order valence-electron chi connectivity index (χ2n) is 4.64. The van der Waals surface area contributed by atoms with Crippen molar-refractivity contribution in [3.05, 3.63) is 34.6 Å². The molecule has 1 nitrogen and oxygen atoms in total. The summed E-state index contributed by atoms with van der Waals surface area (Å²) in [6.07, 6.45) is 5.78. The van der Waals surface area contributed by atoms with E-state index in [9.17, 15) is 4.39 Å². The van der Waals surface area contributed by atoms with Gasteiger partial charge in [0.15, 0.2) is 0 Å². The quantitative estimate of drug-likeness (QED) is 0.743. The van der Waals surface area contributed by atoms with Gasteiger partial charge in [-0.05, 0) is 67.5 Å². The third kappa shape index (κ3) is 1.57. The SMILES string of the molecule is Fc1cc2c(c([C@H]3CCCN3)c1)CCC2. The summed E-state index contributed by atoms with van der Waals surface area (Å²) in [5.41, 5.74) is 3.91. The maximum atomic E-state index is 13.4. The van der Waals surface area contributed by atoms with Gasteiger partial charge in [-0.2, -0.15) is 0 Å². The van der Waals surface area contributed by atoms with Gasteiger partial charge in [-0.15, -0.1) is 0 Å². The molecular weight excluding hydrogens is 189 g/mol. The van der Waals surface area contributed by atoms with Crippen LogP contribution in [0.15, 0.2) is 12.1 Å². The van der Waals surface area contributed by atoms with Crippen LogP contribution in [0.2, 0.25) is 0 Å². The summed E-state index contributed by atoms with van der Waals surface area (Å²) in [4.78, 5) is 0. The molecule has 3 rings (SSSR count). The fourth-order valence-corrected chi connectivity index (χ4v) is 2.96. The first-order chi connectivity index (χ1) is 7.34. The Morgan fingerprint density at radius 1 is 1.20 bits per heavy atom. The molecule has 1 atom stereocenters. The first kappa shape index (κ1) is 9.34. The molecule has 1 saturated heterocycles. The predicted octanol–water partition coefficient (Wildman–Crippen LogP) is 2.74. The Labute approximate surface area is 89.7 Å². The van der Waals surface area contributed by atoms with Crippen molar-refractivity contribution in [2.24, 2.45) is 0 Å². The van der Waals surface area contributed by atoms with Crippen LogP contribution in [-0.2, 0) is 12.8 Å². The molecule has 1 aliphatic heterocycles. The zero-order valence-corrected chi connectivity index (χ0v) is 8.85. The van der Waals surface area contributed by atoms with Gasteiger partial charge in [0.1, 0.15) is 5.82 Å². The monoisotopic (exact) mass is 205 g/mol. The van der Waals surface area contributed by atoms with Gasteiger partial charge in [0, 0.05) is 6.04 Å². The summed E-state index contributed by atoms with van der Waals surface area (Å²) in [6, 6.07) is 3.88. The maximum absolute atomic E-state index is 13.4. The van der Waals surface area contributed by atoms with Gasteiger partial charge in [-0.3, -0.25) is 0 Å². The molecular formula is C13H16FN. The normalized spacial score (nSPS) is 24.5. The highest BCUT2D eigenvalue weighted by atomic mass is 19.1. The molecule has 1 aliphatic carbocycles. The molecule has 1 aromatic rings. The zero-order chi connectivity index (χ0) is 10.3. The third-order valence-electron chi connectivity index (χ3n) is 3.65. The molecule has 0 saturated carbocycles. The summed E-state index contributed by atoms with van der Waals surface area (Å²) in [5.74, 6) is -0.0562. The molecule has 0 radical (unpaired) electrons. The Kier molecular flexibility index (Phi) is 2.24. The highest BCUT2D eigenvalue weighted by molar-refractivity contribution is 5.41. The number of halogens is 1. The van der Waals surface area contributed by atoms with Crippen LogP contribution in [-0.4, -0.2) is 6.54 Å². The van der Waals surface area contributed by atoms with Crippen molar-refractivity contribution in [2.45, 2.75) is 38.1 Å². The zero-order valence-electron chi connectivity index (χ0n) is 8.85. The lowest BCUT2D eigenvalue weighted by Crippen LogP contribution is -2.15. The Balaban J connectivity index is 2.05. The minimum atomic E-state index is -0.0562. The van der Waals surface area contributed by atoms with Gasteiger partial charge >= 0.3 is 0 Å². The molecule has 15 heavy (non-hydrogen) atoms. The van der Waals surface area contributed by atoms with E-state index in [1.807, 2.05) is 0 Å². The van der Waals surface area contributed by atoms with E-state index >= 15 is 0 Å². The van der Waals surface area contributed by atoms with Gasteiger partial charge in [0.2, 0.25) is 0 Å². The van der Waals surface area contributed by atoms with Crippen molar-refractivity contribution in [3.63, 3.8) is 0 Å². The highest BCUT2D eigenvalue weighted by Crippen LogP contribution is 2.33. The average molecular weight is 205 g/mol.